The summed E-state index contributed by atoms with van der Waals surface area (Å²) in [4.78, 5) is 27.6. The molecule has 2 aromatic carbocycles. The van der Waals surface area contributed by atoms with Gasteiger partial charge < -0.3 is 9.88 Å². The number of carbonyl (C=O) groups excluding carboxylic acids is 2. The first kappa shape index (κ1) is 12.8. The molecular formula is C17H13N3O2. The van der Waals surface area contributed by atoms with Crippen LogP contribution in [0.2, 0.25) is 0 Å². The zero-order chi connectivity index (χ0) is 15.1. The molecule has 0 saturated heterocycles. The van der Waals surface area contributed by atoms with E-state index in [1.165, 1.54) is 0 Å². The van der Waals surface area contributed by atoms with Crippen molar-refractivity contribution in [3.8, 4) is 11.4 Å². The van der Waals surface area contributed by atoms with Crippen LogP contribution in [0, 0.1) is 0 Å². The van der Waals surface area contributed by atoms with Crippen molar-refractivity contribution in [3.05, 3.63) is 53.6 Å². The number of aldehydes is 1. The second-order valence-corrected chi connectivity index (χ2v) is 5.26. The van der Waals surface area contributed by atoms with E-state index >= 15 is 0 Å². The third-order valence-corrected chi connectivity index (χ3v) is 3.94. The SMILES string of the molecule is O=Cc1ccc(-c2nc3cccc4c3n2CCNC4=O)cc1. The van der Waals surface area contributed by atoms with Crippen LogP contribution in [-0.4, -0.2) is 28.3 Å². The lowest BCUT2D eigenvalue weighted by Gasteiger charge is -2.07. The molecule has 1 aliphatic rings. The molecule has 0 radical (unpaired) electrons. The Morgan fingerprint density at radius 2 is 1.95 bits per heavy atom. The quantitative estimate of drug-likeness (QED) is 0.737. The highest BCUT2D eigenvalue weighted by molar-refractivity contribution is 6.06. The number of aromatic nitrogens is 2. The van der Waals surface area contributed by atoms with E-state index in [4.69, 9.17) is 0 Å². The molecule has 0 unspecified atom stereocenters. The van der Waals surface area contributed by atoms with Crippen LogP contribution in [-0.2, 0) is 6.54 Å². The van der Waals surface area contributed by atoms with Crippen molar-refractivity contribution >= 4 is 23.2 Å². The minimum absolute atomic E-state index is 0.0629. The molecule has 0 fully saturated rings. The second-order valence-electron chi connectivity index (χ2n) is 5.26. The van der Waals surface area contributed by atoms with Gasteiger partial charge in [-0.25, -0.2) is 4.98 Å². The van der Waals surface area contributed by atoms with E-state index in [-0.39, 0.29) is 5.91 Å². The first-order valence-electron chi connectivity index (χ1n) is 7.11. The van der Waals surface area contributed by atoms with Crippen LogP contribution in [0.15, 0.2) is 42.5 Å². The fraction of sp³-hybridized carbons (Fsp3) is 0.118. The summed E-state index contributed by atoms with van der Waals surface area (Å²) in [7, 11) is 0. The zero-order valence-corrected chi connectivity index (χ0v) is 11.7. The van der Waals surface area contributed by atoms with Gasteiger partial charge in [0.2, 0.25) is 0 Å². The number of para-hydroxylation sites is 1. The highest BCUT2D eigenvalue weighted by atomic mass is 16.1. The van der Waals surface area contributed by atoms with Gasteiger partial charge >= 0.3 is 0 Å². The maximum atomic E-state index is 12.1. The largest absolute Gasteiger partial charge is 0.350 e. The molecule has 5 heteroatoms. The third-order valence-electron chi connectivity index (χ3n) is 3.94. The van der Waals surface area contributed by atoms with Crippen molar-refractivity contribution in [2.75, 3.05) is 6.54 Å². The van der Waals surface area contributed by atoms with Crippen LogP contribution in [0.5, 0.6) is 0 Å². The van der Waals surface area contributed by atoms with Gasteiger partial charge in [0.05, 0.1) is 16.6 Å². The number of benzene rings is 2. The van der Waals surface area contributed by atoms with Gasteiger partial charge in [0.1, 0.15) is 12.1 Å². The van der Waals surface area contributed by atoms with Crippen LogP contribution in [0.25, 0.3) is 22.4 Å². The average Bonchev–Trinajstić information content (AvgIpc) is 2.84. The summed E-state index contributed by atoms with van der Waals surface area (Å²) in [5, 5.41) is 2.90. The van der Waals surface area contributed by atoms with E-state index in [9.17, 15) is 9.59 Å². The van der Waals surface area contributed by atoms with Crippen LogP contribution < -0.4 is 5.32 Å². The third kappa shape index (κ3) is 1.83. The number of nitrogens with one attached hydrogen (secondary N) is 1. The topological polar surface area (TPSA) is 64.0 Å². The van der Waals surface area contributed by atoms with Gasteiger partial charge in [-0.2, -0.15) is 0 Å². The van der Waals surface area contributed by atoms with Gasteiger partial charge in [0.25, 0.3) is 5.91 Å². The number of hydrogen-bond acceptors (Lipinski definition) is 3. The molecular weight excluding hydrogens is 278 g/mol. The molecule has 0 bridgehead atoms. The smallest absolute Gasteiger partial charge is 0.253 e. The Kier molecular flexibility index (Phi) is 2.79. The van der Waals surface area contributed by atoms with Crippen molar-refractivity contribution in [1.29, 1.82) is 0 Å². The Balaban J connectivity index is 1.98. The van der Waals surface area contributed by atoms with Gasteiger partial charge in [0.15, 0.2) is 0 Å². The summed E-state index contributed by atoms with van der Waals surface area (Å²) in [6.45, 7) is 1.24. The fourth-order valence-electron chi connectivity index (χ4n) is 2.89. The Morgan fingerprint density at radius 1 is 1.14 bits per heavy atom. The summed E-state index contributed by atoms with van der Waals surface area (Å²) in [5.74, 6) is 0.753. The highest BCUT2D eigenvalue weighted by Crippen LogP contribution is 2.28. The summed E-state index contributed by atoms with van der Waals surface area (Å²) < 4.78 is 2.07. The minimum atomic E-state index is -0.0629. The molecule has 1 aliphatic heterocycles. The molecule has 5 nitrogen and oxygen atoms in total. The highest BCUT2D eigenvalue weighted by Gasteiger charge is 2.21. The number of hydrogen-bond donors (Lipinski definition) is 1. The average molecular weight is 291 g/mol. The van der Waals surface area contributed by atoms with E-state index in [2.05, 4.69) is 14.9 Å². The van der Waals surface area contributed by atoms with Gasteiger partial charge in [0, 0.05) is 24.2 Å². The number of amides is 1. The van der Waals surface area contributed by atoms with Crippen LogP contribution in [0.1, 0.15) is 20.7 Å². The number of rotatable bonds is 2. The Bertz CT molecular complexity index is 894. The second kappa shape index (κ2) is 4.80. The van der Waals surface area contributed by atoms with Crippen molar-refractivity contribution in [1.82, 2.24) is 14.9 Å². The molecule has 108 valence electrons. The lowest BCUT2D eigenvalue weighted by Crippen LogP contribution is -2.24. The Morgan fingerprint density at radius 3 is 2.73 bits per heavy atom. The summed E-state index contributed by atoms with van der Waals surface area (Å²) >= 11 is 0. The van der Waals surface area contributed by atoms with Crippen LogP contribution in [0.3, 0.4) is 0 Å². The van der Waals surface area contributed by atoms with Crippen molar-refractivity contribution in [2.24, 2.45) is 0 Å². The van der Waals surface area contributed by atoms with Crippen molar-refractivity contribution in [2.45, 2.75) is 6.54 Å². The summed E-state index contributed by atoms with van der Waals surface area (Å²) in [5.41, 5.74) is 3.89. The van der Waals surface area contributed by atoms with E-state index in [1.54, 1.807) is 12.1 Å². The Hall–Kier alpha value is -2.95. The molecule has 1 N–H and O–H groups in total. The predicted octanol–water partition coefficient (Wildman–Crippen LogP) is 2.26. The Labute approximate surface area is 126 Å². The van der Waals surface area contributed by atoms with Crippen LogP contribution in [0.4, 0.5) is 0 Å². The maximum absolute atomic E-state index is 12.1. The van der Waals surface area contributed by atoms with E-state index in [0.717, 1.165) is 28.7 Å². The lowest BCUT2D eigenvalue weighted by molar-refractivity contribution is 0.0956. The molecule has 1 aromatic heterocycles. The monoisotopic (exact) mass is 291 g/mol. The normalized spacial score (nSPS) is 13.7. The molecule has 3 aromatic rings. The van der Waals surface area contributed by atoms with E-state index in [1.807, 2.05) is 30.3 Å². The molecule has 0 aliphatic carbocycles. The predicted molar refractivity (Wildman–Crippen MR) is 82.9 cm³/mol. The lowest BCUT2D eigenvalue weighted by atomic mass is 10.1. The van der Waals surface area contributed by atoms with E-state index < -0.39 is 0 Å². The maximum Gasteiger partial charge on any atom is 0.253 e. The minimum Gasteiger partial charge on any atom is -0.350 e. The first-order chi connectivity index (χ1) is 10.8. The summed E-state index contributed by atoms with van der Waals surface area (Å²) in [6, 6.07) is 12.9. The van der Waals surface area contributed by atoms with Gasteiger partial charge in [-0.1, -0.05) is 30.3 Å². The standard InChI is InChI=1S/C17H13N3O2/c21-10-11-4-6-12(7-5-11)16-19-14-3-1-2-13-15(14)20(16)9-8-18-17(13)22/h1-7,10H,8-9H2,(H,18,22). The van der Waals surface area contributed by atoms with Gasteiger partial charge in [-0.05, 0) is 12.1 Å². The molecule has 2 heterocycles. The number of nitrogens with zero attached hydrogens (tertiary/aromatic N) is 2. The molecule has 4 rings (SSSR count). The molecule has 0 atom stereocenters. The van der Waals surface area contributed by atoms with Crippen LogP contribution >= 0.6 is 0 Å². The summed E-state index contributed by atoms with van der Waals surface area (Å²) in [6.07, 6.45) is 0.821. The van der Waals surface area contributed by atoms with Gasteiger partial charge in [-0.3, -0.25) is 9.59 Å². The number of carbonyl (C=O) groups is 2. The number of imidazole rings is 1. The van der Waals surface area contributed by atoms with E-state index in [0.29, 0.717) is 24.2 Å². The fourth-order valence-corrected chi connectivity index (χ4v) is 2.89. The molecule has 22 heavy (non-hydrogen) atoms. The molecule has 0 saturated carbocycles. The molecule has 0 spiro atoms. The van der Waals surface area contributed by atoms with Gasteiger partial charge in [-0.15, -0.1) is 0 Å². The zero-order valence-electron chi connectivity index (χ0n) is 11.7. The first-order valence-corrected chi connectivity index (χ1v) is 7.11. The van der Waals surface area contributed by atoms with Crippen molar-refractivity contribution < 1.29 is 9.59 Å². The van der Waals surface area contributed by atoms with Crippen molar-refractivity contribution in [3.63, 3.8) is 0 Å². The molecule has 1 amide bonds.